The predicted molar refractivity (Wildman–Crippen MR) is 111 cm³/mol. The van der Waals surface area contributed by atoms with Crippen LogP contribution in [0.1, 0.15) is 30.4 Å². The minimum atomic E-state index is 0.101. The van der Waals surface area contributed by atoms with Crippen molar-refractivity contribution in [2.75, 3.05) is 13.6 Å². The van der Waals surface area contributed by atoms with Gasteiger partial charge in [-0.15, -0.1) is 0 Å². The molecule has 5 heteroatoms. The molecule has 0 aromatic heterocycles. The number of benzene rings is 2. The van der Waals surface area contributed by atoms with Crippen LogP contribution in [-0.2, 0) is 22.6 Å². The van der Waals surface area contributed by atoms with Crippen molar-refractivity contribution in [3.8, 4) is 5.75 Å². The molecule has 1 N–H and O–H groups in total. The van der Waals surface area contributed by atoms with E-state index in [2.05, 4.69) is 5.32 Å². The summed E-state index contributed by atoms with van der Waals surface area (Å²) in [5, 5.41) is 2.96. The Labute approximate surface area is 172 Å². The summed E-state index contributed by atoms with van der Waals surface area (Å²) >= 11 is 0. The number of carbonyl (C=O) groups excluding carboxylic acids is 2. The Morgan fingerprint density at radius 1 is 1.07 bits per heavy atom. The molecule has 1 aliphatic heterocycles. The highest BCUT2D eigenvalue weighted by molar-refractivity contribution is 5.80. The van der Waals surface area contributed by atoms with Crippen LogP contribution >= 0.6 is 0 Å². The molecule has 0 bridgehead atoms. The topological polar surface area (TPSA) is 58.6 Å². The maximum atomic E-state index is 13.0. The lowest BCUT2D eigenvalue weighted by atomic mass is 9.89. The smallest absolute Gasteiger partial charge is 0.227 e. The average Bonchev–Trinajstić information content (AvgIpc) is 3.16. The molecule has 0 spiro atoms. The summed E-state index contributed by atoms with van der Waals surface area (Å²) < 4.78 is 6.00. The number of amides is 2. The van der Waals surface area contributed by atoms with E-state index in [1.165, 1.54) is 0 Å². The first kappa shape index (κ1) is 19.5. The second kappa shape index (κ2) is 8.68. The van der Waals surface area contributed by atoms with Crippen molar-refractivity contribution in [1.29, 1.82) is 0 Å². The predicted octanol–water partition coefficient (Wildman–Crippen LogP) is 3.18. The minimum Gasteiger partial charge on any atom is -0.489 e. The summed E-state index contributed by atoms with van der Waals surface area (Å²) in [6, 6.07) is 18.0. The van der Waals surface area contributed by atoms with Crippen molar-refractivity contribution in [3.05, 3.63) is 65.7 Å². The molecule has 2 aromatic rings. The van der Waals surface area contributed by atoms with Crippen LogP contribution in [0.25, 0.3) is 0 Å². The van der Waals surface area contributed by atoms with Gasteiger partial charge in [0.25, 0.3) is 0 Å². The van der Waals surface area contributed by atoms with Gasteiger partial charge in [-0.3, -0.25) is 9.59 Å². The van der Waals surface area contributed by atoms with Crippen LogP contribution in [0.5, 0.6) is 5.75 Å². The van der Waals surface area contributed by atoms with Crippen molar-refractivity contribution < 1.29 is 14.3 Å². The third-order valence-corrected chi connectivity index (χ3v) is 6.32. The summed E-state index contributed by atoms with van der Waals surface area (Å²) in [6.45, 7) is 1.23. The van der Waals surface area contributed by atoms with Crippen LogP contribution < -0.4 is 10.1 Å². The van der Waals surface area contributed by atoms with Crippen LogP contribution in [0.4, 0.5) is 0 Å². The Kier molecular flexibility index (Phi) is 5.84. The van der Waals surface area contributed by atoms with E-state index in [-0.39, 0.29) is 17.9 Å². The second-order valence-electron chi connectivity index (χ2n) is 8.22. The van der Waals surface area contributed by atoms with Gasteiger partial charge in [-0.05, 0) is 36.3 Å². The highest BCUT2D eigenvalue weighted by Crippen LogP contribution is 2.38. The van der Waals surface area contributed by atoms with Crippen molar-refractivity contribution in [2.45, 2.75) is 38.3 Å². The monoisotopic (exact) mass is 392 g/mol. The molecule has 1 saturated carbocycles. The zero-order chi connectivity index (χ0) is 20.2. The average molecular weight is 392 g/mol. The lowest BCUT2D eigenvalue weighted by Gasteiger charge is -2.25. The molecular weight excluding hydrogens is 364 g/mol. The van der Waals surface area contributed by atoms with E-state index in [0.717, 1.165) is 36.3 Å². The summed E-state index contributed by atoms with van der Waals surface area (Å²) in [6.07, 6.45) is 2.82. The Hall–Kier alpha value is -2.82. The van der Waals surface area contributed by atoms with Gasteiger partial charge in [0.05, 0.1) is 6.42 Å². The van der Waals surface area contributed by atoms with E-state index in [4.69, 9.17) is 4.74 Å². The second-order valence-corrected chi connectivity index (χ2v) is 8.22. The molecule has 1 aliphatic carbocycles. The van der Waals surface area contributed by atoms with Crippen LogP contribution in [-0.4, -0.2) is 36.3 Å². The van der Waals surface area contributed by atoms with Crippen molar-refractivity contribution in [1.82, 2.24) is 10.2 Å². The summed E-state index contributed by atoms with van der Waals surface area (Å²) in [5.74, 6) is 1.90. The van der Waals surface area contributed by atoms with Gasteiger partial charge in [0, 0.05) is 31.6 Å². The van der Waals surface area contributed by atoms with Crippen LogP contribution in [0, 0.1) is 11.8 Å². The molecule has 2 fully saturated rings. The minimum absolute atomic E-state index is 0.101. The Morgan fingerprint density at radius 2 is 1.79 bits per heavy atom. The van der Waals surface area contributed by atoms with Crippen molar-refractivity contribution >= 4 is 11.8 Å². The van der Waals surface area contributed by atoms with E-state index in [0.29, 0.717) is 31.3 Å². The third kappa shape index (κ3) is 4.61. The largest absolute Gasteiger partial charge is 0.489 e. The van der Waals surface area contributed by atoms with Crippen molar-refractivity contribution in [3.63, 3.8) is 0 Å². The van der Waals surface area contributed by atoms with Gasteiger partial charge in [0.2, 0.25) is 11.8 Å². The van der Waals surface area contributed by atoms with Gasteiger partial charge in [-0.25, -0.2) is 0 Å². The Morgan fingerprint density at radius 3 is 2.62 bits per heavy atom. The Balaban J connectivity index is 1.37. The number of nitrogens with zero attached hydrogens (tertiary/aromatic N) is 1. The molecule has 152 valence electrons. The zero-order valence-electron chi connectivity index (χ0n) is 16.8. The highest BCUT2D eigenvalue weighted by Gasteiger charge is 2.40. The SMILES string of the molecule is CN(C(=O)Cc1ccccc1OCc1ccccc1)[C@H]1C[C@H]2CNC(=O)C[C@H]2C1. The molecule has 3 atom stereocenters. The molecule has 5 nitrogen and oxygen atoms in total. The number of hydrogen-bond donors (Lipinski definition) is 1. The fourth-order valence-corrected chi connectivity index (χ4v) is 4.57. The molecule has 1 heterocycles. The third-order valence-electron chi connectivity index (χ3n) is 6.32. The first-order chi connectivity index (χ1) is 14.1. The highest BCUT2D eigenvalue weighted by atomic mass is 16.5. The molecular formula is C24H28N2O3. The zero-order valence-corrected chi connectivity index (χ0v) is 16.8. The van der Waals surface area contributed by atoms with Gasteiger partial charge < -0.3 is 15.0 Å². The Bertz CT molecular complexity index is 867. The summed E-state index contributed by atoms with van der Waals surface area (Å²) in [4.78, 5) is 26.5. The van der Waals surface area contributed by atoms with Gasteiger partial charge in [0.1, 0.15) is 12.4 Å². The normalized spacial score (nSPS) is 23.2. The number of ether oxygens (including phenoxy) is 1. The standard InChI is InChI=1S/C24H28N2O3/c1-26(21-11-19-13-23(27)25-15-20(19)12-21)24(28)14-18-9-5-6-10-22(18)29-16-17-7-3-2-4-8-17/h2-10,19-21H,11-16H2,1H3,(H,25,27)/t19-,20+,21-/m1/s1. The molecule has 2 amide bonds. The lowest BCUT2D eigenvalue weighted by molar-refractivity contribution is -0.131. The van der Waals surface area contributed by atoms with E-state index < -0.39 is 0 Å². The van der Waals surface area contributed by atoms with Gasteiger partial charge in [-0.1, -0.05) is 48.5 Å². The first-order valence-electron chi connectivity index (χ1n) is 10.4. The number of rotatable bonds is 6. The maximum Gasteiger partial charge on any atom is 0.227 e. The quantitative estimate of drug-likeness (QED) is 0.821. The molecule has 29 heavy (non-hydrogen) atoms. The lowest BCUT2D eigenvalue weighted by Crippen LogP contribution is -2.38. The summed E-state index contributed by atoms with van der Waals surface area (Å²) in [5.41, 5.74) is 2.01. The van der Waals surface area contributed by atoms with Crippen LogP contribution in [0.2, 0.25) is 0 Å². The van der Waals surface area contributed by atoms with E-state index >= 15 is 0 Å². The van der Waals surface area contributed by atoms with Gasteiger partial charge in [-0.2, -0.15) is 0 Å². The number of fused-ring (bicyclic) bond motifs is 1. The number of nitrogens with one attached hydrogen (secondary N) is 1. The van der Waals surface area contributed by atoms with Crippen LogP contribution in [0.15, 0.2) is 54.6 Å². The molecule has 2 aliphatic rings. The fraction of sp³-hybridized carbons (Fsp3) is 0.417. The van der Waals surface area contributed by atoms with E-state index in [1.54, 1.807) is 0 Å². The fourth-order valence-electron chi connectivity index (χ4n) is 4.57. The number of piperidine rings is 1. The molecule has 0 unspecified atom stereocenters. The summed E-state index contributed by atoms with van der Waals surface area (Å²) in [7, 11) is 1.90. The van der Waals surface area contributed by atoms with E-state index in [1.807, 2.05) is 66.5 Å². The number of likely N-dealkylation sites (N-methyl/N-ethyl adjacent to an activating group) is 1. The first-order valence-corrected chi connectivity index (χ1v) is 10.4. The van der Waals surface area contributed by atoms with Crippen molar-refractivity contribution in [2.24, 2.45) is 11.8 Å². The van der Waals surface area contributed by atoms with E-state index in [9.17, 15) is 9.59 Å². The van der Waals surface area contributed by atoms with Gasteiger partial charge >= 0.3 is 0 Å². The molecule has 2 aromatic carbocycles. The molecule has 4 rings (SSSR count). The number of para-hydroxylation sites is 1. The number of carbonyl (C=O) groups is 2. The van der Waals surface area contributed by atoms with Crippen LogP contribution in [0.3, 0.4) is 0 Å². The molecule has 0 radical (unpaired) electrons. The number of hydrogen-bond acceptors (Lipinski definition) is 3. The molecule has 1 saturated heterocycles. The maximum absolute atomic E-state index is 13.0. The van der Waals surface area contributed by atoms with Gasteiger partial charge in [0.15, 0.2) is 0 Å².